The molecular formula is C11H9N5O3. The second kappa shape index (κ2) is 5.14. The normalized spacial score (nSPS) is 9.89. The number of aromatic nitrogens is 2. The van der Waals surface area contributed by atoms with Gasteiger partial charge in [-0.3, -0.25) is 10.1 Å². The Kier molecular flexibility index (Phi) is 3.38. The molecule has 0 bridgehead atoms. The third-order valence-electron chi connectivity index (χ3n) is 2.33. The van der Waals surface area contributed by atoms with Crippen molar-refractivity contribution in [2.45, 2.75) is 13.5 Å². The van der Waals surface area contributed by atoms with E-state index in [0.717, 1.165) is 0 Å². The number of aryl methyl sites for hydroxylation is 1. The summed E-state index contributed by atoms with van der Waals surface area (Å²) in [6, 6.07) is 6.03. The highest BCUT2D eigenvalue weighted by molar-refractivity contribution is 5.59. The zero-order chi connectivity index (χ0) is 13.8. The van der Waals surface area contributed by atoms with E-state index in [1.807, 2.05) is 0 Å². The molecule has 0 aliphatic rings. The van der Waals surface area contributed by atoms with Crippen LogP contribution in [-0.4, -0.2) is 15.1 Å². The van der Waals surface area contributed by atoms with Crippen LogP contribution >= 0.6 is 0 Å². The number of hydrogen-bond acceptors (Lipinski definition) is 7. The van der Waals surface area contributed by atoms with Gasteiger partial charge in [-0.15, -0.1) is 0 Å². The van der Waals surface area contributed by atoms with Crippen molar-refractivity contribution in [2.75, 3.05) is 5.32 Å². The first-order valence-corrected chi connectivity index (χ1v) is 5.32. The SMILES string of the molecule is Cc1noc(CNc2ccc(C#N)c([N+](=O)[O-])c2)n1. The number of hydrogen-bond donors (Lipinski definition) is 1. The van der Waals surface area contributed by atoms with Gasteiger partial charge >= 0.3 is 0 Å². The summed E-state index contributed by atoms with van der Waals surface area (Å²) >= 11 is 0. The van der Waals surface area contributed by atoms with Crippen LogP contribution in [-0.2, 0) is 6.54 Å². The summed E-state index contributed by atoms with van der Waals surface area (Å²) < 4.78 is 4.90. The number of benzene rings is 1. The lowest BCUT2D eigenvalue weighted by atomic mass is 10.2. The fourth-order valence-electron chi connectivity index (χ4n) is 1.48. The monoisotopic (exact) mass is 259 g/mol. The molecule has 19 heavy (non-hydrogen) atoms. The Balaban J connectivity index is 2.15. The average molecular weight is 259 g/mol. The molecule has 2 aromatic rings. The van der Waals surface area contributed by atoms with Crippen LogP contribution in [0.1, 0.15) is 17.3 Å². The summed E-state index contributed by atoms with van der Waals surface area (Å²) in [6.07, 6.45) is 0. The highest BCUT2D eigenvalue weighted by Gasteiger charge is 2.14. The summed E-state index contributed by atoms with van der Waals surface area (Å²) in [7, 11) is 0. The number of anilines is 1. The number of nitrogens with zero attached hydrogens (tertiary/aromatic N) is 4. The van der Waals surface area contributed by atoms with Gasteiger partial charge in [-0.2, -0.15) is 10.2 Å². The molecule has 1 aromatic heterocycles. The van der Waals surface area contributed by atoms with Gasteiger partial charge in [-0.05, 0) is 19.1 Å². The Labute approximate surface area is 107 Å². The summed E-state index contributed by atoms with van der Waals surface area (Å²) in [5, 5.41) is 26.1. The molecule has 8 nitrogen and oxygen atoms in total. The number of nitriles is 1. The molecule has 96 valence electrons. The number of nitrogens with one attached hydrogen (secondary N) is 1. The molecule has 8 heteroatoms. The lowest BCUT2D eigenvalue weighted by molar-refractivity contribution is -0.385. The highest BCUT2D eigenvalue weighted by Crippen LogP contribution is 2.22. The van der Waals surface area contributed by atoms with Crippen molar-refractivity contribution < 1.29 is 9.45 Å². The number of nitro benzene ring substituents is 1. The Bertz CT molecular complexity index is 659. The molecule has 0 fully saturated rings. The second-order valence-electron chi connectivity index (χ2n) is 3.69. The van der Waals surface area contributed by atoms with Gasteiger partial charge in [0.15, 0.2) is 5.82 Å². The standard InChI is InChI=1S/C11H9N5O3/c1-7-14-11(19-15-7)6-13-9-3-2-8(5-12)10(4-9)16(17)18/h2-4,13H,6H2,1H3. The molecule has 1 heterocycles. The minimum atomic E-state index is -0.597. The summed E-state index contributed by atoms with van der Waals surface area (Å²) in [5.74, 6) is 0.895. The van der Waals surface area contributed by atoms with Crippen LogP contribution in [0.4, 0.5) is 11.4 Å². The zero-order valence-corrected chi connectivity index (χ0v) is 9.95. The van der Waals surface area contributed by atoms with E-state index in [4.69, 9.17) is 9.78 Å². The molecule has 1 aromatic carbocycles. The van der Waals surface area contributed by atoms with Crippen molar-refractivity contribution in [3.63, 3.8) is 0 Å². The predicted molar refractivity (Wildman–Crippen MR) is 64.2 cm³/mol. The number of nitro groups is 1. The Morgan fingerprint density at radius 2 is 2.37 bits per heavy atom. The minimum absolute atomic E-state index is 0.0178. The van der Waals surface area contributed by atoms with Gasteiger partial charge in [0, 0.05) is 11.8 Å². The van der Waals surface area contributed by atoms with Crippen molar-refractivity contribution in [2.24, 2.45) is 0 Å². The van der Waals surface area contributed by atoms with Crippen molar-refractivity contribution in [3.05, 3.63) is 45.6 Å². The highest BCUT2D eigenvalue weighted by atomic mass is 16.6. The van der Waals surface area contributed by atoms with Gasteiger partial charge in [0.1, 0.15) is 11.6 Å². The van der Waals surface area contributed by atoms with E-state index in [1.54, 1.807) is 19.1 Å². The second-order valence-corrected chi connectivity index (χ2v) is 3.69. The lowest BCUT2D eigenvalue weighted by Gasteiger charge is -2.03. The molecule has 0 unspecified atom stereocenters. The van der Waals surface area contributed by atoms with Crippen molar-refractivity contribution in [1.82, 2.24) is 10.1 Å². The van der Waals surface area contributed by atoms with Crippen LogP contribution in [0, 0.1) is 28.4 Å². The first kappa shape index (κ1) is 12.5. The number of rotatable bonds is 4. The van der Waals surface area contributed by atoms with Crippen LogP contribution in [0.25, 0.3) is 0 Å². The summed E-state index contributed by atoms with van der Waals surface area (Å²) in [5.41, 5.74) is 0.278. The Hall–Kier alpha value is -2.95. The maximum atomic E-state index is 10.8. The molecule has 0 radical (unpaired) electrons. The molecule has 2 rings (SSSR count). The fourth-order valence-corrected chi connectivity index (χ4v) is 1.48. The maximum Gasteiger partial charge on any atom is 0.289 e. The van der Waals surface area contributed by atoms with Crippen LogP contribution in [0.2, 0.25) is 0 Å². The Morgan fingerprint density at radius 3 is 2.95 bits per heavy atom. The topological polar surface area (TPSA) is 118 Å². The predicted octanol–water partition coefficient (Wildman–Crippen LogP) is 1.77. The van der Waals surface area contributed by atoms with E-state index in [9.17, 15) is 10.1 Å². The van der Waals surface area contributed by atoms with Gasteiger partial charge in [0.05, 0.1) is 11.5 Å². The molecule has 0 atom stereocenters. The molecule has 1 N–H and O–H groups in total. The van der Waals surface area contributed by atoms with Gasteiger partial charge in [0.25, 0.3) is 5.69 Å². The summed E-state index contributed by atoms with van der Waals surface area (Å²) in [6.45, 7) is 1.95. The van der Waals surface area contributed by atoms with Crippen molar-refractivity contribution in [3.8, 4) is 6.07 Å². The molecule has 0 amide bonds. The first-order chi connectivity index (χ1) is 9.10. The van der Waals surface area contributed by atoms with Gasteiger partial charge < -0.3 is 9.84 Å². The molecule has 0 saturated carbocycles. The van der Waals surface area contributed by atoms with Crippen LogP contribution < -0.4 is 5.32 Å². The quantitative estimate of drug-likeness (QED) is 0.656. The zero-order valence-electron chi connectivity index (χ0n) is 9.95. The van der Waals surface area contributed by atoms with E-state index in [-0.39, 0.29) is 17.8 Å². The van der Waals surface area contributed by atoms with E-state index in [1.165, 1.54) is 12.1 Å². The van der Waals surface area contributed by atoms with E-state index in [2.05, 4.69) is 15.5 Å². The third kappa shape index (κ3) is 2.84. The van der Waals surface area contributed by atoms with Gasteiger partial charge in [-0.1, -0.05) is 5.16 Å². The molecular weight excluding hydrogens is 250 g/mol. The van der Waals surface area contributed by atoms with Crippen molar-refractivity contribution >= 4 is 11.4 Å². The maximum absolute atomic E-state index is 10.8. The van der Waals surface area contributed by atoms with Gasteiger partial charge in [0.2, 0.25) is 5.89 Å². The van der Waals surface area contributed by atoms with Crippen molar-refractivity contribution in [1.29, 1.82) is 5.26 Å². The van der Waals surface area contributed by atoms with Crippen LogP contribution in [0.3, 0.4) is 0 Å². The molecule has 0 spiro atoms. The lowest BCUT2D eigenvalue weighted by Crippen LogP contribution is -2.01. The Morgan fingerprint density at radius 1 is 1.58 bits per heavy atom. The van der Waals surface area contributed by atoms with Gasteiger partial charge in [-0.25, -0.2) is 0 Å². The fraction of sp³-hybridized carbons (Fsp3) is 0.182. The van der Waals surface area contributed by atoms with Crippen LogP contribution in [0.5, 0.6) is 0 Å². The van der Waals surface area contributed by atoms with Crippen LogP contribution in [0.15, 0.2) is 22.7 Å². The first-order valence-electron chi connectivity index (χ1n) is 5.32. The molecule has 0 aliphatic heterocycles. The third-order valence-corrected chi connectivity index (χ3v) is 2.33. The smallest absolute Gasteiger partial charge is 0.289 e. The average Bonchev–Trinajstić information content (AvgIpc) is 2.81. The molecule has 0 aliphatic carbocycles. The largest absolute Gasteiger partial charge is 0.376 e. The summed E-state index contributed by atoms with van der Waals surface area (Å²) in [4.78, 5) is 14.2. The van der Waals surface area contributed by atoms with E-state index < -0.39 is 4.92 Å². The van der Waals surface area contributed by atoms with E-state index >= 15 is 0 Å². The van der Waals surface area contributed by atoms with E-state index in [0.29, 0.717) is 17.4 Å². The minimum Gasteiger partial charge on any atom is -0.376 e. The molecule has 0 saturated heterocycles.